The number of nitrogens with zero attached hydrogens (tertiary/aromatic N) is 2. The minimum absolute atomic E-state index is 0.669. The number of nitrogens with one attached hydrogen (secondary N) is 1. The van der Waals surface area contributed by atoms with Gasteiger partial charge in [0.1, 0.15) is 0 Å². The molecule has 1 aromatic carbocycles. The first kappa shape index (κ1) is 16.3. The maximum Gasteiger partial charge on any atom is 0.0417 e. The van der Waals surface area contributed by atoms with E-state index >= 15 is 0 Å². The molecule has 1 saturated heterocycles. The van der Waals surface area contributed by atoms with E-state index in [0.717, 1.165) is 19.6 Å². The number of anilines is 1. The molecular weight excluding hydrogens is 258 g/mol. The van der Waals surface area contributed by atoms with Gasteiger partial charge >= 0.3 is 0 Å². The largest absolute Gasteiger partial charge is 0.367 e. The van der Waals surface area contributed by atoms with Crippen molar-refractivity contribution in [1.82, 2.24) is 10.2 Å². The van der Waals surface area contributed by atoms with E-state index in [1.807, 2.05) is 0 Å². The van der Waals surface area contributed by atoms with Crippen LogP contribution in [0.3, 0.4) is 0 Å². The highest BCUT2D eigenvalue weighted by Gasteiger charge is 2.26. The van der Waals surface area contributed by atoms with Crippen molar-refractivity contribution >= 4 is 5.69 Å². The number of likely N-dealkylation sites (N-methyl/N-ethyl adjacent to an activating group) is 1. The molecule has 1 atom stereocenters. The van der Waals surface area contributed by atoms with Crippen LogP contribution in [0.1, 0.15) is 37.3 Å². The maximum absolute atomic E-state index is 3.48. The van der Waals surface area contributed by atoms with Crippen molar-refractivity contribution in [3.8, 4) is 0 Å². The van der Waals surface area contributed by atoms with Gasteiger partial charge in [0.05, 0.1) is 0 Å². The van der Waals surface area contributed by atoms with Crippen LogP contribution in [0.5, 0.6) is 0 Å². The van der Waals surface area contributed by atoms with Crippen molar-refractivity contribution in [2.75, 3.05) is 38.6 Å². The number of aryl methyl sites for hydroxylation is 1. The second-order valence-corrected chi connectivity index (χ2v) is 6.55. The molecule has 0 amide bonds. The van der Waals surface area contributed by atoms with Gasteiger partial charge in [0.15, 0.2) is 0 Å². The van der Waals surface area contributed by atoms with Crippen LogP contribution in [0.4, 0.5) is 5.69 Å². The van der Waals surface area contributed by atoms with Crippen molar-refractivity contribution in [1.29, 1.82) is 0 Å². The lowest BCUT2D eigenvalue weighted by Gasteiger charge is -2.30. The summed E-state index contributed by atoms with van der Waals surface area (Å²) in [6.45, 7) is 8.89. The van der Waals surface area contributed by atoms with Crippen molar-refractivity contribution in [2.45, 2.75) is 45.7 Å². The van der Waals surface area contributed by atoms with Gasteiger partial charge in [-0.05, 0) is 64.0 Å². The molecule has 3 heteroatoms. The zero-order chi connectivity index (χ0) is 15.2. The summed E-state index contributed by atoms with van der Waals surface area (Å²) in [7, 11) is 4.34. The fourth-order valence-corrected chi connectivity index (χ4v) is 3.32. The molecule has 0 radical (unpaired) electrons. The van der Waals surface area contributed by atoms with Crippen LogP contribution in [0.25, 0.3) is 0 Å². The Morgan fingerprint density at radius 2 is 2.14 bits per heavy atom. The van der Waals surface area contributed by atoms with Gasteiger partial charge in [-0.25, -0.2) is 0 Å². The van der Waals surface area contributed by atoms with Gasteiger partial charge < -0.3 is 15.1 Å². The molecule has 1 heterocycles. The Bertz CT molecular complexity index is 442. The lowest BCUT2D eigenvalue weighted by atomic mass is 10.1. The molecule has 118 valence electrons. The number of rotatable bonds is 7. The van der Waals surface area contributed by atoms with E-state index in [4.69, 9.17) is 0 Å². The van der Waals surface area contributed by atoms with Crippen LogP contribution in [-0.2, 0) is 6.54 Å². The summed E-state index contributed by atoms with van der Waals surface area (Å²) in [6.07, 6.45) is 3.83. The summed E-state index contributed by atoms with van der Waals surface area (Å²) in [5, 5.41) is 3.48. The summed E-state index contributed by atoms with van der Waals surface area (Å²) in [5.74, 6) is 0. The average molecular weight is 289 g/mol. The first-order chi connectivity index (χ1) is 10.1. The molecule has 2 rings (SSSR count). The summed E-state index contributed by atoms with van der Waals surface area (Å²) >= 11 is 0. The molecule has 0 spiro atoms. The van der Waals surface area contributed by atoms with Crippen LogP contribution in [0.2, 0.25) is 0 Å². The third-order valence-corrected chi connectivity index (χ3v) is 4.28. The molecule has 3 nitrogen and oxygen atoms in total. The van der Waals surface area contributed by atoms with E-state index in [-0.39, 0.29) is 0 Å². The average Bonchev–Trinajstić information content (AvgIpc) is 2.86. The predicted molar refractivity (Wildman–Crippen MR) is 92.1 cm³/mol. The van der Waals surface area contributed by atoms with Crippen LogP contribution in [-0.4, -0.2) is 44.7 Å². The highest BCUT2D eigenvalue weighted by atomic mass is 15.2. The molecule has 21 heavy (non-hydrogen) atoms. The van der Waals surface area contributed by atoms with Gasteiger partial charge in [-0.3, -0.25) is 0 Å². The summed E-state index contributed by atoms with van der Waals surface area (Å²) in [5.41, 5.74) is 4.24. The highest BCUT2D eigenvalue weighted by Crippen LogP contribution is 2.29. The zero-order valence-electron chi connectivity index (χ0n) is 14.2. The second kappa shape index (κ2) is 7.81. The molecular formula is C18H31N3. The van der Waals surface area contributed by atoms with E-state index < -0.39 is 0 Å². The van der Waals surface area contributed by atoms with Crippen LogP contribution in [0, 0.1) is 6.92 Å². The van der Waals surface area contributed by atoms with Gasteiger partial charge in [-0.2, -0.15) is 0 Å². The van der Waals surface area contributed by atoms with Gasteiger partial charge in [0, 0.05) is 31.4 Å². The van der Waals surface area contributed by atoms with E-state index in [1.54, 1.807) is 0 Å². The molecule has 0 bridgehead atoms. The zero-order valence-corrected chi connectivity index (χ0v) is 14.2. The van der Waals surface area contributed by atoms with Crippen molar-refractivity contribution < 1.29 is 0 Å². The van der Waals surface area contributed by atoms with Gasteiger partial charge in [0.2, 0.25) is 0 Å². The summed E-state index contributed by atoms with van der Waals surface area (Å²) in [4.78, 5) is 4.92. The van der Waals surface area contributed by atoms with Crippen molar-refractivity contribution in [3.63, 3.8) is 0 Å². The number of benzene rings is 1. The smallest absolute Gasteiger partial charge is 0.0417 e. The monoisotopic (exact) mass is 289 g/mol. The first-order valence-electron chi connectivity index (χ1n) is 8.33. The SMILES string of the molecule is CCCNCc1ccc(N2CCCC2CN(C)C)c(C)c1. The molecule has 1 unspecified atom stereocenters. The van der Waals surface area contributed by atoms with Crippen LogP contribution < -0.4 is 10.2 Å². The molecule has 0 saturated carbocycles. The fourth-order valence-electron chi connectivity index (χ4n) is 3.32. The lowest BCUT2D eigenvalue weighted by Crippen LogP contribution is -2.37. The normalized spacial score (nSPS) is 18.7. The Balaban J connectivity index is 2.05. The topological polar surface area (TPSA) is 18.5 Å². The third kappa shape index (κ3) is 4.45. The summed E-state index contributed by atoms with van der Waals surface area (Å²) in [6, 6.07) is 7.63. The summed E-state index contributed by atoms with van der Waals surface area (Å²) < 4.78 is 0. The Labute approximate surface area is 130 Å². The van der Waals surface area contributed by atoms with Crippen LogP contribution in [0.15, 0.2) is 18.2 Å². The maximum atomic E-state index is 3.48. The standard InChI is InChI=1S/C18H31N3/c1-5-10-19-13-16-8-9-18(15(2)12-16)21-11-6-7-17(21)14-20(3)4/h8-9,12,17,19H,5-7,10-11,13-14H2,1-4H3. The third-order valence-electron chi connectivity index (χ3n) is 4.28. The van der Waals surface area contributed by atoms with Crippen molar-refractivity contribution in [2.24, 2.45) is 0 Å². The minimum Gasteiger partial charge on any atom is -0.367 e. The highest BCUT2D eigenvalue weighted by molar-refractivity contribution is 5.56. The van der Waals surface area contributed by atoms with E-state index in [1.165, 1.54) is 42.6 Å². The molecule has 0 aromatic heterocycles. The molecule has 1 aliphatic rings. The van der Waals surface area contributed by atoms with Gasteiger partial charge in [-0.1, -0.05) is 19.1 Å². The Morgan fingerprint density at radius 3 is 2.81 bits per heavy atom. The van der Waals surface area contributed by atoms with E-state index in [0.29, 0.717) is 6.04 Å². The molecule has 1 aromatic rings. The number of hydrogen-bond acceptors (Lipinski definition) is 3. The fraction of sp³-hybridized carbons (Fsp3) is 0.667. The molecule has 1 aliphatic heterocycles. The van der Waals surface area contributed by atoms with Crippen LogP contribution >= 0.6 is 0 Å². The Morgan fingerprint density at radius 1 is 1.33 bits per heavy atom. The van der Waals surface area contributed by atoms with Crippen molar-refractivity contribution in [3.05, 3.63) is 29.3 Å². The second-order valence-electron chi connectivity index (χ2n) is 6.55. The molecule has 1 N–H and O–H groups in total. The number of hydrogen-bond donors (Lipinski definition) is 1. The predicted octanol–water partition coefficient (Wildman–Crippen LogP) is 3.03. The van der Waals surface area contributed by atoms with Gasteiger partial charge in [-0.15, -0.1) is 0 Å². The quantitative estimate of drug-likeness (QED) is 0.778. The lowest BCUT2D eigenvalue weighted by molar-refractivity contribution is 0.372. The van der Waals surface area contributed by atoms with Gasteiger partial charge in [0.25, 0.3) is 0 Å². The first-order valence-corrected chi connectivity index (χ1v) is 8.33. The minimum atomic E-state index is 0.669. The molecule has 1 fully saturated rings. The Hall–Kier alpha value is -1.06. The Kier molecular flexibility index (Phi) is 6.07. The molecule has 0 aliphatic carbocycles. The van der Waals surface area contributed by atoms with E-state index in [9.17, 15) is 0 Å². The van der Waals surface area contributed by atoms with E-state index in [2.05, 4.69) is 61.3 Å².